The van der Waals surface area contributed by atoms with E-state index >= 15 is 0 Å². The standard InChI is InChI=1S/C24H32N3O8P/c1-3-15(2)22(25-14-28)24(32)26-20(12-16-4-8-18(29)9-5-16)23(31)27-21(36(33,34)35)13-17-6-10-19(30)11-7-17/h4-11,14-15,20-22,29-30H,3,12-13H2,1-2H3,(H,25,28)(H,26,32)(H,27,31)(H2,33,34,35)/t15-,20-,21+,22-/m0/s1. The highest BCUT2D eigenvalue weighted by Crippen LogP contribution is 2.41. The number of hydrogen-bond donors (Lipinski definition) is 7. The smallest absolute Gasteiger partial charge is 0.347 e. The van der Waals surface area contributed by atoms with Gasteiger partial charge in [-0.2, -0.15) is 0 Å². The van der Waals surface area contributed by atoms with Crippen molar-refractivity contribution in [3.63, 3.8) is 0 Å². The van der Waals surface area contributed by atoms with Gasteiger partial charge in [-0.15, -0.1) is 0 Å². The maximum absolute atomic E-state index is 13.2. The van der Waals surface area contributed by atoms with Gasteiger partial charge in [-0.1, -0.05) is 44.5 Å². The van der Waals surface area contributed by atoms with Crippen molar-refractivity contribution in [3.8, 4) is 11.5 Å². The highest BCUT2D eigenvalue weighted by atomic mass is 31.2. The molecule has 2 aromatic rings. The van der Waals surface area contributed by atoms with Crippen molar-refractivity contribution in [3.05, 3.63) is 59.7 Å². The Balaban J connectivity index is 2.30. The fourth-order valence-corrected chi connectivity index (χ4v) is 4.26. The molecular formula is C24H32N3O8P. The monoisotopic (exact) mass is 521 g/mol. The van der Waals surface area contributed by atoms with Crippen LogP contribution in [0.5, 0.6) is 11.5 Å². The van der Waals surface area contributed by atoms with Crippen LogP contribution in [0.4, 0.5) is 0 Å². The lowest BCUT2D eigenvalue weighted by molar-refractivity contribution is -0.131. The van der Waals surface area contributed by atoms with Crippen LogP contribution >= 0.6 is 7.60 Å². The molecule has 0 saturated carbocycles. The van der Waals surface area contributed by atoms with Crippen molar-refractivity contribution in [2.24, 2.45) is 5.92 Å². The number of phenolic OH excluding ortho intramolecular Hbond substituents is 2. The molecule has 0 unspecified atom stereocenters. The lowest BCUT2D eigenvalue weighted by Gasteiger charge is -2.27. The highest BCUT2D eigenvalue weighted by molar-refractivity contribution is 7.52. The van der Waals surface area contributed by atoms with Crippen molar-refractivity contribution in [2.75, 3.05) is 0 Å². The Bertz CT molecular complexity index is 1070. The van der Waals surface area contributed by atoms with E-state index in [1.54, 1.807) is 19.1 Å². The Kier molecular flexibility index (Phi) is 10.5. The molecule has 7 N–H and O–H groups in total. The molecule has 0 saturated heterocycles. The molecule has 4 atom stereocenters. The largest absolute Gasteiger partial charge is 0.508 e. The van der Waals surface area contributed by atoms with Gasteiger partial charge in [-0.3, -0.25) is 18.9 Å². The quantitative estimate of drug-likeness (QED) is 0.151. The van der Waals surface area contributed by atoms with Gasteiger partial charge in [0.25, 0.3) is 0 Å². The van der Waals surface area contributed by atoms with Gasteiger partial charge in [0, 0.05) is 12.8 Å². The molecule has 2 rings (SSSR count). The van der Waals surface area contributed by atoms with Gasteiger partial charge in [-0.05, 0) is 41.3 Å². The molecule has 12 heteroatoms. The average molecular weight is 522 g/mol. The van der Waals surface area contributed by atoms with Crippen LogP contribution < -0.4 is 16.0 Å². The van der Waals surface area contributed by atoms with E-state index in [0.29, 0.717) is 24.0 Å². The summed E-state index contributed by atoms with van der Waals surface area (Å²) in [5, 5.41) is 26.4. The Hall–Kier alpha value is -3.40. The van der Waals surface area contributed by atoms with Gasteiger partial charge in [0.2, 0.25) is 18.2 Å². The fraction of sp³-hybridized carbons (Fsp3) is 0.375. The third kappa shape index (κ3) is 8.67. The summed E-state index contributed by atoms with van der Waals surface area (Å²) in [6.07, 6.45) is 0.700. The number of aromatic hydroxyl groups is 2. The van der Waals surface area contributed by atoms with E-state index in [-0.39, 0.29) is 30.3 Å². The second-order valence-corrected chi connectivity index (χ2v) is 10.4. The van der Waals surface area contributed by atoms with Gasteiger partial charge in [0.1, 0.15) is 29.4 Å². The normalized spacial score (nSPS) is 14.7. The molecule has 0 heterocycles. The van der Waals surface area contributed by atoms with Gasteiger partial charge in [0.15, 0.2) is 0 Å². The summed E-state index contributed by atoms with van der Waals surface area (Å²) < 4.78 is 12.2. The molecule has 0 aliphatic carbocycles. The van der Waals surface area contributed by atoms with Crippen LogP contribution in [0.25, 0.3) is 0 Å². The molecule has 36 heavy (non-hydrogen) atoms. The lowest BCUT2D eigenvalue weighted by Crippen LogP contribution is -2.56. The number of benzene rings is 2. The van der Waals surface area contributed by atoms with Crippen molar-refractivity contribution in [2.45, 2.75) is 51.0 Å². The number of phenols is 2. The molecule has 0 aliphatic rings. The van der Waals surface area contributed by atoms with E-state index in [9.17, 15) is 38.9 Å². The first-order chi connectivity index (χ1) is 16.9. The van der Waals surface area contributed by atoms with E-state index in [1.807, 2.05) is 6.92 Å². The molecule has 0 fully saturated rings. The van der Waals surface area contributed by atoms with Gasteiger partial charge in [-0.25, -0.2) is 0 Å². The number of carbonyl (C=O) groups excluding carboxylic acids is 3. The number of nitrogens with one attached hydrogen (secondary N) is 3. The van der Waals surface area contributed by atoms with Crippen molar-refractivity contribution in [1.82, 2.24) is 16.0 Å². The second-order valence-electron chi connectivity index (χ2n) is 8.56. The molecule has 11 nitrogen and oxygen atoms in total. The van der Waals surface area contributed by atoms with Gasteiger partial charge >= 0.3 is 7.60 Å². The number of hydrogen-bond acceptors (Lipinski definition) is 6. The van der Waals surface area contributed by atoms with E-state index in [1.165, 1.54) is 36.4 Å². The maximum Gasteiger partial charge on any atom is 0.347 e. The molecule has 196 valence electrons. The summed E-state index contributed by atoms with van der Waals surface area (Å²) in [6.45, 7) is 3.60. The number of amides is 3. The van der Waals surface area contributed by atoms with Crippen molar-refractivity contribution >= 4 is 25.8 Å². The van der Waals surface area contributed by atoms with Crippen LogP contribution in [0.3, 0.4) is 0 Å². The van der Waals surface area contributed by atoms with Gasteiger partial charge < -0.3 is 36.0 Å². The molecule has 3 amide bonds. The van der Waals surface area contributed by atoms with E-state index in [4.69, 9.17) is 0 Å². The number of rotatable bonds is 13. The third-order valence-corrected chi connectivity index (χ3v) is 6.96. The predicted octanol–water partition coefficient (Wildman–Crippen LogP) is 1.15. The Morgan fingerprint density at radius 2 is 1.39 bits per heavy atom. The summed E-state index contributed by atoms with van der Waals surface area (Å²) in [6, 6.07) is 9.42. The molecule has 2 aromatic carbocycles. The summed E-state index contributed by atoms with van der Waals surface area (Å²) in [4.78, 5) is 57.0. The van der Waals surface area contributed by atoms with Crippen molar-refractivity contribution < 1.29 is 38.9 Å². The lowest BCUT2D eigenvalue weighted by atomic mass is 9.97. The summed E-state index contributed by atoms with van der Waals surface area (Å²) in [7, 11) is -4.82. The first-order valence-electron chi connectivity index (χ1n) is 11.4. The molecule has 0 bridgehead atoms. The SMILES string of the molecule is CC[C@H](C)[C@H](NC=O)C(=O)N[C@@H](Cc1ccc(O)cc1)C(=O)N[C@@H](Cc1ccc(O)cc1)P(=O)(O)O. The summed E-state index contributed by atoms with van der Waals surface area (Å²) in [5.41, 5.74) is 1.04. The zero-order valence-corrected chi connectivity index (χ0v) is 20.9. The first kappa shape index (κ1) is 28.8. The third-order valence-electron chi connectivity index (χ3n) is 5.83. The second kappa shape index (κ2) is 13.1. The summed E-state index contributed by atoms with van der Waals surface area (Å²) >= 11 is 0. The molecule has 0 aliphatic heterocycles. The van der Waals surface area contributed by atoms with Crippen molar-refractivity contribution in [1.29, 1.82) is 0 Å². The minimum atomic E-state index is -4.82. The van der Waals surface area contributed by atoms with Gasteiger partial charge in [0.05, 0.1) is 0 Å². The van der Waals surface area contributed by atoms with E-state index < -0.39 is 37.3 Å². The van der Waals surface area contributed by atoms with Crippen LogP contribution in [0.15, 0.2) is 48.5 Å². The van der Waals surface area contributed by atoms with Crippen LogP contribution in [0.1, 0.15) is 31.4 Å². The van der Waals surface area contributed by atoms with Crippen LogP contribution in [0.2, 0.25) is 0 Å². The number of carbonyl (C=O) groups is 3. The Morgan fingerprint density at radius 1 is 0.889 bits per heavy atom. The maximum atomic E-state index is 13.2. The zero-order chi connectivity index (χ0) is 26.9. The first-order valence-corrected chi connectivity index (χ1v) is 13.0. The van der Waals surface area contributed by atoms with E-state index in [2.05, 4.69) is 16.0 Å². The van der Waals surface area contributed by atoms with E-state index in [0.717, 1.165) is 0 Å². The minimum Gasteiger partial charge on any atom is -0.508 e. The molecule has 0 spiro atoms. The highest BCUT2D eigenvalue weighted by Gasteiger charge is 2.34. The average Bonchev–Trinajstić information content (AvgIpc) is 2.83. The fourth-order valence-electron chi connectivity index (χ4n) is 3.52. The minimum absolute atomic E-state index is 0.00580. The molecular weight excluding hydrogens is 489 g/mol. The molecule has 0 radical (unpaired) electrons. The van der Waals surface area contributed by atoms with Crippen LogP contribution in [0, 0.1) is 5.92 Å². The topological polar surface area (TPSA) is 185 Å². The summed E-state index contributed by atoms with van der Waals surface area (Å²) in [5.74, 6) is -3.31. The molecule has 0 aromatic heterocycles. The Morgan fingerprint density at radius 3 is 1.83 bits per heavy atom. The van der Waals surface area contributed by atoms with Crippen LogP contribution in [-0.2, 0) is 31.8 Å². The Labute approximate surface area is 209 Å². The van der Waals surface area contributed by atoms with Crippen LogP contribution in [-0.4, -0.2) is 56.1 Å². The predicted molar refractivity (Wildman–Crippen MR) is 132 cm³/mol. The zero-order valence-electron chi connectivity index (χ0n) is 20.0.